The molecule has 2 nitrogen and oxygen atoms in total. The minimum atomic E-state index is 0.172. The Kier molecular flexibility index (Phi) is 3.94. The Morgan fingerprint density at radius 2 is 2.27 bits per heavy atom. The van der Waals surface area contributed by atoms with Crippen LogP contribution in [0.3, 0.4) is 0 Å². The van der Waals surface area contributed by atoms with Gasteiger partial charge in [0.2, 0.25) is 0 Å². The van der Waals surface area contributed by atoms with Gasteiger partial charge in [-0.15, -0.1) is 11.3 Å². The molecule has 3 N–H and O–H groups in total. The van der Waals surface area contributed by atoms with Crippen molar-refractivity contribution in [3.8, 4) is 0 Å². The quantitative estimate of drug-likeness (QED) is 0.807. The first kappa shape index (κ1) is 10.9. The third kappa shape index (κ3) is 3.45. The summed E-state index contributed by atoms with van der Waals surface area (Å²) >= 11 is 1.77. The summed E-state index contributed by atoms with van der Waals surface area (Å²) in [7, 11) is 0. The van der Waals surface area contributed by atoms with Gasteiger partial charge in [0, 0.05) is 10.9 Å². The van der Waals surface area contributed by atoms with Gasteiger partial charge in [0.15, 0.2) is 0 Å². The summed E-state index contributed by atoms with van der Waals surface area (Å²) < 4.78 is 0. The smallest absolute Gasteiger partial charge is 0.0550 e. The zero-order valence-corrected chi connectivity index (χ0v) is 9.67. The largest absolute Gasteiger partial charge is 0.316 e. The second-order valence-corrected chi connectivity index (χ2v) is 5.02. The second-order valence-electron chi connectivity index (χ2n) is 4.04. The highest BCUT2D eigenvalue weighted by Gasteiger charge is 2.13. The van der Waals surface area contributed by atoms with Crippen molar-refractivity contribution < 1.29 is 0 Å². The third-order valence-electron chi connectivity index (χ3n) is 2.74. The summed E-state index contributed by atoms with van der Waals surface area (Å²) in [5, 5.41) is 5.54. The van der Waals surface area contributed by atoms with Crippen molar-refractivity contribution >= 4 is 17.4 Å². The maximum atomic E-state index is 5.93. The predicted octanol–water partition coefficient (Wildman–Crippen LogP) is 2.58. The van der Waals surface area contributed by atoms with E-state index in [2.05, 4.69) is 35.0 Å². The normalized spacial score (nSPS) is 28.1. The maximum absolute atomic E-state index is 5.93. The molecule has 0 amide bonds. The molecule has 1 aliphatic heterocycles. The molecule has 3 heteroatoms. The van der Waals surface area contributed by atoms with Crippen LogP contribution in [-0.4, -0.2) is 12.2 Å². The molecule has 1 aliphatic rings. The highest BCUT2D eigenvalue weighted by atomic mass is 32.1. The minimum Gasteiger partial charge on any atom is -0.316 e. The van der Waals surface area contributed by atoms with Crippen molar-refractivity contribution in [2.75, 3.05) is 0 Å². The van der Waals surface area contributed by atoms with Crippen LogP contribution in [0.1, 0.15) is 30.6 Å². The molecule has 0 aromatic carbocycles. The molecular formula is C12H18N2S. The lowest BCUT2D eigenvalue weighted by molar-refractivity contribution is 0.486. The molecule has 1 fully saturated rings. The summed E-state index contributed by atoms with van der Waals surface area (Å²) in [6.07, 6.45) is 9.44. The van der Waals surface area contributed by atoms with Crippen LogP contribution in [0.25, 0.3) is 6.08 Å². The van der Waals surface area contributed by atoms with Crippen molar-refractivity contribution in [3.05, 3.63) is 28.5 Å². The maximum Gasteiger partial charge on any atom is 0.0550 e. The molecule has 1 saturated heterocycles. The molecule has 1 aromatic rings. The highest BCUT2D eigenvalue weighted by molar-refractivity contribution is 7.10. The van der Waals surface area contributed by atoms with Crippen LogP contribution in [0.4, 0.5) is 0 Å². The lowest BCUT2D eigenvalue weighted by Crippen LogP contribution is -2.41. The Bertz CT molecular complexity index is 305. The fourth-order valence-corrected chi connectivity index (χ4v) is 2.55. The first-order chi connectivity index (χ1) is 7.34. The number of nitrogens with one attached hydrogen (secondary N) is 1. The van der Waals surface area contributed by atoms with Gasteiger partial charge in [0.05, 0.1) is 6.17 Å². The summed E-state index contributed by atoms with van der Waals surface area (Å²) in [6.45, 7) is 0. The van der Waals surface area contributed by atoms with E-state index >= 15 is 0 Å². The fraction of sp³-hybridized carbons (Fsp3) is 0.500. The Hall–Kier alpha value is -0.640. The van der Waals surface area contributed by atoms with Crippen LogP contribution < -0.4 is 11.1 Å². The second kappa shape index (κ2) is 5.45. The van der Waals surface area contributed by atoms with Crippen LogP contribution in [0.5, 0.6) is 0 Å². The van der Waals surface area contributed by atoms with E-state index in [1.54, 1.807) is 11.3 Å². The van der Waals surface area contributed by atoms with Gasteiger partial charge in [0.25, 0.3) is 0 Å². The molecule has 2 rings (SSSR count). The van der Waals surface area contributed by atoms with Crippen molar-refractivity contribution in [1.29, 1.82) is 0 Å². The van der Waals surface area contributed by atoms with Crippen molar-refractivity contribution in [3.63, 3.8) is 0 Å². The minimum absolute atomic E-state index is 0.172. The molecule has 0 spiro atoms. The van der Waals surface area contributed by atoms with E-state index in [-0.39, 0.29) is 6.17 Å². The van der Waals surface area contributed by atoms with Gasteiger partial charge in [-0.05, 0) is 30.4 Å². The highest BCUT2D eigenvalue weighted by Crippen LogP contribution is 2.15. The van der Waals surface area contributed by atoms with E-state index in [4.69, 9.17) is 5.73 Å². The number of hydrogen-bond acceptors (Lipinski definition) is 3. The zero-order valence-electron chi connectivity index (χ0n) is 8.86. The number of hydrogen-bond donors (Lipinski definition) is 2. The Balaban J connectivity index is 1.92. The molecular weight excluding hydrogens is 204 g/mol. The van der Waals surface area contributed by atoms with Crippen molar-refractivity contribution in [2.24, 2.45) is 5.73 Å². The molecule has 0 bridgehead atoms. The third-order valence-corrected chi connectivity index (χ3v) is 3.58. The van der Waals surface area contributed by atoms with Gasteiger partial charge in [-0.1, -0.05) is 25.0 Å². The number of nitrogens with two attached hydrogens (primary N) is 1. The Morgan fingerprint density at radius 1 is 1.40 bits per heavy atom. The van der Waals surface area contributed by atoms with E-state index < -0.39 is 0 Å². The van der Waals surface area contributed by atoms with E-state index in [0.717, 1.165) is 6.42 Å². The topological polar surface area (TPSA) is 38.0 Å². The lowest BCUT2D eigenvalue weighted by Gasteiger charge is -2.15. The number of rotatable bonds is 2. The summed E-state index contributed by atoms with van der Waals surface area (Å²) in [5.41, 5.74) is 5.93. The molecule has 2 unspecified atom stereocenters. The molecule has 1 aromatic heterocycles. The van der Waals surface area contributed by atoms with Crippen LogP contribution in [0, 0.1) is 0 Å². The number of thiophene rings is 1. The summed E-state index contributed by atoms with van der Waals surface area (Å²) in [4.78, 5) is 1.31. The van der Waals surface area contributed by atoms with Crippen LogP contribution in [0.15, 0.2) is 23.6 Å². The predicted molar refractivity (Wildman–Crippen MR) is 66.7 cm³/mol. The first-order valence-corrected chi connectivity index (χ1v) is 6.46. The zero-order chi connectivity index (χ0) is 10.5. The van der Waals surface area contributed by atoms with Gasteiger partial charge >= 0.3 is 0 Å². The average molecular weight is 222 g/mol. The fourth-order valence-electron chi connectivity index (χ4n) is 1.92. The van der Waals surface area contributed by atoms with E-state index in [1.165, 1.54) is 24.1 Å². The van der Waals surface area contributed by atoms with E-state index in [1.807, 2.05) is 0 Å². The molecule has 2 heterocycles. The van der Waals surface area contributed by atoms with Gasteiger partial charge in [-0.3, -0.25) is 5.32 Å². The van der Waals surface area contributed by atoms with E-state index in [9.17, 15) is 0 Å². The van der Waals surface area contributed by atoms with Gasteiger partial charge in [0.1, 0.15) is 0 Å². The molecule has 0 saturated carbocycles. The molecule has 2 atom stereocenters. The molecule has 82 valence electrons. The summed E-state index contributed by atoms with van der Waals surface area (Å²) in [5.74, 6) is 0. The molecule has 15 heavy (non-hydrogen) atoms. The summed E-state index contributed by atoms with van der Waals surface area (Å²) in [6, 6.07) is 4.67. The van der Waals surface area contributed by atoms with Crippen molar-refractivity contribution in [2.45, 2.75) is 37.9 Å². The van der Waals surface area contributed by atoms with Gasteiger partial charge in [-0.2, -0.15) is 0 Å². The monoisotopic (exact) mass is 222 g/mol. The van der Waals surface area contributed by atoms with Gasteiger partial charge < -0.3 is 5.73 Å². The first-order valence-electron chi connectivity index (χ1n) is 5.58. The lowest BCUT2D eigenvalue weighted by atomic mass is 10.1. The Morgan fingerprint density at radius 3 is 3.07 bits per heavy atom. The van der Waals surface area contributed by atoms with Crippen LogP contribution >= 0.6 is 11.3 Å². The molecule has 0 aliphatic carbocycles. The van der Waals surface area contributed by atoms with Crippen LogP contribution in [-0.2, 0) is 0 Å². The standard InChI is InChI=1S/C12H18N2S/c13-12-6-2-1-4-10(14-12)7-8-11-5-3-9-15-11/h3,5,7-10,12,14H,1-2,4,6,13H2. The average Bonchev–Trinajstić information content (AvgIpc) is 2.65. The molecule has 0 radical (unpaired) electrons. The Labute approximate surface area is 95.2 Å². The SMILES string of the molecule is NC1CCCCC(C=Cc2cccs2)N1. The van der Waals surface area contributed by atoms with E-state index in [0.29, 0.717) is 6.04 Å². The van der Waals surface area contributed by atoms with Crippen molar-refractivity contribution in [1.82, 2.24) is 5.32 Å². The van der Waals surface area contributed by atoms with Crippen LogP contribution in [0.2, 0.25) is 0 Å². The van der Waals surface area contributed by atoms with Gasteiger partial charge in [-0.25, -0.2) is 0 Å².